The van der Waals surface area contributed by atoms with E-state index in [0.717, 1.165) is 0 Å². The molecule has 0 amide bonds. The Balaban J connectivity index is 2.68. The second kappa shape index (κ2) is 7.03. The van der Waals surface area contributed by atoms with Gasteiger partial charge in [0.05, 0.1) is 4.47 Å². The Labute approximate surface area is 108 Å². The quantitative estimate of drug-likeness (QED) is 0.644. The summed E-state index contributed by atoms with van der Waals surface area (Å²) < 4.78 is 32.6. The largest absolute Gasteiger partial charge is 0.382 e. The summed E-state index contributed by atoms with van der Waals surface area (Å²) in [7, 11) is 0. The maximum Gasteiger partial charge on any atom is 0.145 e. The van der Waals surface area contributed by atoms with E-state index in [2.05, 4.69) is 15.9 Å². The van der Waals surface area contributed by atoms with Crippen LogP contribution in [-0.4, -0.2) is 13.2 Å². The Bertz CT molecular complexity index is 374. The third kappa shape index (κ3) is 4.01. The summed E-state index contributed by atoms with van der Waals surface area (Å²) >= 11 is 3.02. The molecule has 0 bridgehead atoms. The van der Waals surface area contributed by atoms with Crippen molar-refractivity contribution in [3.8, 4) is 0 Å². The van der Waals surface area contributed by atoms with Gasteiger partial charge in [-0.2, -0.15) is 0 Å². The number of ether oxygens (including phenoxy) is 1. The van der Waals surface area contributed by atoms with Crippen molar-refractivity contribution in [3.63, 3.8) is 0 Å². The van der Waals surface area contributed by atoms with E-state index in [0.29, 0.717) is 26.1 Å². The lowest BCUT2D eigenvalue weighted by molar-refractivity contribution is 0.141. The van der Waals surface area contributed by atoms with Crippen molar-refractivity contribution in [2.45, 2.75) is 25.8 Å². The normalized spacial score (nSPS) is 12.8. The molecule has 0 aromatic heterocycles. The van der Waals surface area contributed by atoms with Crippen molar-refractivity contribution in [2.75, 3.05) is 13.2 Å². The van der Waals surface area contributed by atoms with Crippen molar-refractivity contribution >= 4 is 15.9 Å². The Morgan fingerprint density at radius 3 is 2.76 bits per heavy atom. The second-order valence-corrected chi connectivity index (χ2v) is 4.56. The first kappa shape index (κ1) is 14.5. The van der Waals surface area contributed by atoms with Crippen molar-refractivity contribution in [3.05, 3.63) is 33.8 Å². The maximum absolute atomic E-state index is 13.7. The summed E-state index contributed by atoms with van der Waals surface area (Å²) in [4.78, 5) is 0. The number of nitrogens with two attached hydrogens (primary N) is 1. The molecular formula is C12H16BrF2NO. The minimum Gasteiger partial charge on any atom is -0.382 e. The van der Waals surface area contributed by atoms with E-state index in [1.165, 1.54) is 12.1 Å². The highest BCUT2D eigenvalue weighted by atomic mass is 79.9. The number of rotatable bonds is 6. The van der Waals surface area contributed by atoms with Gasteiger partial charge in [-0.05, 0) is 47.8 Å². The van der Waals surface area contributed by atoms with Gasteiger partial charge in [0.15, 0.2) is 0 Å². The first-order valence-corrected chi connectivity index (χ1v) is 6.34. The molecule has 2 N–H and O–H groups in total. The van der Waals surface area contributed by atoms with E-state index in [9.17, 15) is 8.78 Å². The third-order valence-corrected chi connectivity index (χ3v) is 3.07. The van der Waals surface area contributed by atoms with Gasteiger partial charge in [0.25, 0.3) is 0 Å². The average molecular weight is 308 g/mol. The zero-order chi connectivity index (χ0) is 12.8. The Morgan fingerprint density at radius 2 is 2.12 bits per heavy atom. The van der Waals surface area contributed by atoms with Gasteiger partial charge in [0.1, 0.15) is 11.6 Å². The maximum atomic E-state index is 13.7. The summed E-state index contributed by atoms with van der Waals surface area (Å²) in [5, 5.41) is 0. The molecule has 96 valence electrons. The van der Waals surface area contributed by atoms with Gasteiger partial charge < -0.3 is 10.5 Å². The van der Waals surface area contributed by atoms with Crippen molar-refractivity contribution in [1.82, 2.24) is 0 Å². The molecule has 1 rings (SSSR count). The van der Waals surface area contributed by atoms with Crippen LogP contribution in [0.25, 0.3) is 0 Å². The molecule has 5 heteroatoms. The van der Waals surface area contributed by atoms with Crippen molar-refractivity contribution in [2.24, 2.45) is 5.73 Å². The first-order chi connectivity index (χ1) is 8.07. The predicted octanol–water partition coefficient (Wildman–Crippen LogP) is 3.54. The van der Waals surface area contributed by atoms with Crippen molar-refractivity contribution in [1.29, 1.82) is 0 Å². The van der Waals surface area contributed by atoms with Crippen LogP contribution in [0, 0.1) is 11.6 Å². The molecule has 2 nitrogen and oxygen atoms in total. The van der Waals surface area contributed by atoms with E-state index in [1.54, 1.807) is 0 Å². The van der Waals surface area contributed by atoms with Crippen LogP contribution in [0.3, 0.4) is 0 Å². The molecule has 1 aromatic rings. The molecule has 0 saturated heterocycles. The molecule has 0 heterocycles. The molecule has 0 saturated carbocycles. The molecule has 1 unspecified atom stereocenters. The van der Waals surface area contributed by atoms with E-state index in [4.69, 9.17) is 10.5 Å². The molecule has 0 radical (unpaired) electrons. The van der Waals surface area contributed by atoms with Crippen LogP contribution in [0.2, 0.25) is 0 Å². The fraction of sp³-hybridized carbons (Fsp3) is 0.500. The standard InChI is InChI=1S/C12H16BrF2NO/c1-2-17-7-3-4-10(16)11-9(14)6-5-8(13)12(11)15/h5-6,10H,2-4,7,16H2,1H3. The van der Waals surface area contributed by atoms with Crippen LogP contribution < -0.4 is 5.73 Å². The SMILES string of the molecule is CCOCCCC(N)c1c(F)ccc(Br)c1F. The highest BCUT2D eigenvalue weighted by Crippen LogP contribution is 2.27. The van der Waals surface area contributed by atoms with Crippen LogP contribution in [0.4, 0.5) is 8.78 Å². The molecule has 1 aromatic carbocycles. The smallest absolute Gasteiger partial charge is 0.145 e. The lowest BCUT2D eigenvalue weighted by atomic mass is 10.0. The predicted molar refractivity (Wildman–Crippen MR) is 66.7 cm³/mol. The Morgan fingerprint density at radius 1 is 1.41 bits per heavy atom. The Hall–Kier alpha value is -0.520. The van der Waals surface area contributed by atoms with E-state index >= 15 is 0 Å². The first-order valence-electron chi connectivity index (χ1n) is 5.54. The molecule has 1 atom stereocenters. The Kier molecular flexibility index (Phi) is 6.02. The zero-order valence-corrected chi connectivity index (χ0v) is 11.3. The van der Waals surface area contributed by atoms with Gasteiger partial charge in [-0.15, -0.1) is 0 Å². The molecular weight excluding hydrogens is 292 g/mol. The highest BCUT2D eigenvalue weighted by Gasteiger charge is 2.18. The third-order valence-electron chi connectivity index (χ3n) is 2.46. The highest BCUT2D eigenvalue weighted by molar-refractivity contribution is 9.10. The summed E-state index contributed by atoms with van der Waals surface area (Å²) in [5.74, 6) is -1.22. The lowest BCUT2D eigenvalue weighted by Gasteiger charge is -2.14. The van der Waals surface area contributed by atoms with Crippen LogP contribution >= 0.6 is 15.9 Å². The van der Waals surface area contributed by atoms with Crippen molar-refractivity contribution < 1.29 is 13.5 Å². The zero-order valence-electron chi connectivity index (χ0n) is 9.68. The van der Waals surface area contributed by atoms with E-state index in [1.807, 2.05) is 6.92 Å². The molecule has 0 aliphatic carbocycles. The minimum atomic E-state index is -0.645. The fourth-order valence-electron chi connectivity index (χ4n) is 1.58. The summed E-state index contributed by atoms with van der Waals surface area (Å²) in [6.45, 7) is 3.09. The molecule has 0 aliphatic rings. The summed E-state index contributed by atoms with van der Waals surface area (Å²) in [6.07, 6.45) is 1.17. The topological polar surface area (TPSA) is 35.2 Å². The molecule has 0 fully saturated rings. The monoisotopic (exact) mass is 307 g/mol. The minimum absolute atomic E-state index is 0.0594. The molecule has 17 heavy (non-hydrogen) atoms. The van der Waals surface area contributed by atoms with Crippen LogP contribution in [-0.2, 0) is 4.74 Å². The van der Waals surface area contributed by atoms with Gasteiger partial charge in [-0.3, -0.25) is 0 Å². The summed E-state index contributed by atoms with van der Waals surface area (Å²) in [6, 6.07) is 1.90. The van der Waals surface area contributed by atoms with Gasteiger partial charge >= 0.3 is 0 Å². The second-order valence-electron chi connectivity index (χ2n) is 3.70. The molecule has 0 spiro atoms. The van der Waals surface area contributed by atoms with Gasteiger partial charge in [-0.1, -0.05) is 0 Å². The van der Waals surface area contributed by atoms with Gasteiger partial charge in [0.2, 0.25) is 0 Å². The number of benzene rings is 1. The lowest BCUT2D eigenvalue weighted by Crippen LogP contribution is -2.15. The van der Waals surface area contributed by atoms with Gasteiger partial charge in [0, 0.05) is 24.8 Å². The summed E-state index contributed by atoms with van der Waals surface area (Å²) in [5.41, 5.74) is 5.73. The van der Waals surface area contributed by atoms with Crippen LogP contribution in [0.5, 0.6) is 0 Å². The molecule has 0 aliphatic heterocycles. The number of halogens is 3. The van der Waals surface area contributed by atoms with Gasteiger partial charge in [-0.25, -0.2) is 8.78 Å². The number of hydrogen-bond donors (Lipinski definition) is 1. The van der Waals surface area contributed by atoms with E-state index < -0.39 is 17.7 Å². The fourth-order valence-corrected chi connectivity index (χ4v) is 1.92. The van der Waals surface area contributed by atoms with E-state index in [-0.39, 0.29) is 10.0 Å². The van der Waals surface area contributed by atoms with Crippen LogP contribution in [0.1, 0.15) is 31.4 Å². The van der Waals surface area contributed by atoms with Crippen LogP contribution in [0.15, 0.2) is 16.6 Å². The number of hydrogen-bond acceptors (Lipinski definition) is 2. The average Bonchev–Trinajstić information content (AvgIpc) is 2.30.